The highest BCUT2D eigenvalue weighted by molar-refractivity contribution is 6.22. The van der Waals surface area contributed by atoms with E-state index in [1.54, 1.807) is 18.3 Å². The molecule has 1 heterocycles. The molecule has 0 saturated heterocycles. The van der Waals surface area contributed by atoms with Crippen molar-refractivity contribution in [1.82, 2.24) is 10.3 Å². The lowest BCUT2D eigenvalue weighted by Crippen LogP contribution is -2.49. The normalized spacial score (nSPS) is 11.5. The number of hydrogen-bond donors (Lipinski definition) is 1. The minimum atomic E-state index is -0.607. The molecule has 0 bridgehead atoms. The maximum absolute atomic E-state index is 12.2. The van der Waals surface area contributed by atoms with Crippen LogP contribution in [-0.2, 0) is 0 Å². The van der Waals surface area contributed by atoms with Crippen molar-refractivity contribution in [2.24, 2.45) is 0 Å². The SMILES string of the molecule is CC(CCl)(CCl)NC(=O)c1ccc2ncccc2c1. The van der Waals surface area contributed by atoms with Gasteiger partial charge < -0.3 is 5.32 Å². The lowest BCUT2D eigenvalue weighted by Gasteiger charge is -2.25. The summed E-state index contributed by atoms with van der Waals surface area (Å²) in [5, 5.41) is 3.78. The summed E-state index contributed by atoms with van der Waals surface area (Å²) in [6.07, 6.45) is 1.72. The van der Waals surface area contributed by atoms with Gasteiger partial charge in [-0.05, 0) is 31.2 Å². The van der Waals surface area contributed by atoms with E-state index in [1.165, 1.54) is 0 Å². The van der Waals surface area contributed by atoms with Gasteiger partial charge in [0.05, 0.1) is 11.1 Å². The van der Waals surface area contributed by atoms with Crippen molar-refractivity contribution in [2.75, 3.05) is 11.8 Å². The van der Waals surface area contributed by atoms with Gasteiger partial charge in [0.25, 0.3) is 5.91 Å². The zero-order valence-corrected chi connectivity index (χ0v) is 12.0. The quantitative estimate of drug-likeness (QED) is 0.881. The number of pyridine rings is 1. The molecule has 2 rings (SSSR count). The lowest BCUT2D eigenvalue weighted by atomic mass is 10.1. The number of nitrogens with one attached hydrogen (secondary N) is 1. The smallest absolute Gasteiger partial charge is 0.251 e. The Labute approximate surface area is 121 Å². The number of aromatic nitrogens is 1. The van der Waals surface area contributed by atoms with Crippen LogP contribution in [-0.4, -0.2) is 28.2 Å². The second-order valence-electron chi connectivity index (χ2n) is 4.69. The van der Waals surface area contributed by atoms with Crippen LogP contribution in [0.5, 0.6) is 0 Å². The molecule has 1 amide bonds. The number of halogens is 2. The molecule has 0 aliphatic heterocycles. The van der Waals surface area contributed by atoms with Gasteiger partial charge in [0.2, 0.25) is 0 Å². The molecule has 1 N–H and O–H groups in total. The number of carbonyl (C=O) groups excluding carboxylic acids is 1. The highest BCUT2D eigenvalue weighted by atomic mass is 35.5. The summed E-state index contributed by atoms with van der Waals surface area (Å²) < 4.78 is 0. The second-order valence-corrected chi connectivity index (χ2v) is 5.23. The maximum atomic E-state index is 12.2. The Bertz CT molecular complexity index is 597. The van der Waals surface area contributed by atoms with Crippen LogP contribution in [0.15, 0.2) is 36.5 Å². The molecular formula is C14H14Cl2N2O. The number of hydrogen-bond acceptors (Lipinski definition) is 2. The van der Waals surface area contributed by atoms with Crippen LogP contribution in [0.25, 0.3) is 10.9 Å². The first-order chi connectivity index (χ1) is 9.08. The molecular weight excluding hydrogens is 283 g/mol. The zero-order valence-electron chi connectivity index (χ0n) is 10.5. The molecule has 2 aromatic rings. The van der Waals surface area contributed by atoms with Gasteiger partial charge >= 0.3 is 0 Å². The largest absolute Gasteiger partial charge is 0.344 e. The molecule has 0 saturated carbocycles. The third-order valence-electron chi connectivity index (χ3n) is 2.87. The van der Waals surface area contributed by atoms with Crippen molar-refractivity contribution in [1.29, 1.82) is 0 Å². The maximum Gasteiger partial charge on any atom is 0.251 e. The summed E-state index contributed by atoms with van der Waals surface area (Å²) in [4.78, 5) is 16.4. The number of nitrogens with zero attached hydrogens (tertiary/aromatic N) is 1. The molecule has 100 valence electrons. The van der Waals surface area contributed by atoms with E-state index in [0.29, 0.717) is 5.56 Å². The molecule has 1 aromatic heterocycles. The summed E-state index contributed by atoms with van der Waals surface area (Å²) in [6, 6.07) is 9.13. The highest BCUT2D eigenvalue weighted by Crippen LogP contribution is 2.15. The van der Waals surface area contributed by atoms with Crippen LogP contribution in [0, 0.1) is 0 Å². The first kappa shape index (κ1) is 14.1. The van der Waals surface area contributed by atoms with Gasteiger partial charge in [-0.15, -0.1) is 23.2 Å². The lowest BCUT2D eigenvalue weighted by molar-refractivity contribution is 0.0921. The molecule has 0 aliphatic rings. The van der Waals surface area contributed by atoms with Crippen LogP contribution in [0.3, 0.4) is 0 Å². The second kappa shape index (κ2) is 5.76. The van der Waals surface area contributed by atoms with Crippen LogP contribution >= 0.6 is 23.2 Å². The summed E-state index contributed by atoms with van der Waals surface area (Å²) in [7, 11) is 0. The summed E-state index contributed by atoms with van der Waals surface area (Å²) in [5.74, 6) is 0.337. The van der Waals surface area contributed by atoms with Gasteiger partial charge in [0.15, 0.2) is 0 Å². The van der Waals surface area contributed by atoms with Crippen molar-refractivity contribution < 1.29 is 4.79 Å². The van der Waals surface area contributed by atoms with Crippen molar-refractivity contribution in [2.45, 2.75) is 12.5 Å². The van der Waals surface area contributed by atoms with E-state index < -0.39 is 5.54 Å². The molecule has 1 aromatic carbocycles. The van der Waals surface area contributed by atoms with E-state index in [0.717, 1.165) is 10.9 Å². The number of benzene rings is 1. The van der Waals surface area contributed by atoms with E-state index in [1.807, 2.05) is 25.1 Å². The Balaban J connectivity index is 2.26. The van der Waals surface area contributed by atoms with Gasteiger partial charge in [-0.3, -0.25) is 9.78 Å². The first-order valence-corrected chi connectivity index (χ1v) is 6.94. The van der Waals surface area contributed by atoms with Crippen molar-refractivity contribution >= 4 is 40.0 Å². The molecule has 3 nitrogen and oxygen atoms in total. The van der Waals surface area contributed by atoms with E-state index in [2.05, 4.69) is 10.3 Å². The van der Waals surface area contributed by atoms with Crippen molar-refractivity contribution in [3.05, 3.63) is 42.1 Å². The Morgan fingerprint density at radius 2 is 2.05 bits per heavy atom. The van der Waals surface area contributed by atoms with E-state index in [4.69, 9.17) is 23.2 Å². The standard InChI is InChI=1S/C14H14Cl2N2O/c1-14(8-15,9-16)18-13(19)11-4-5-12-10(7-11)3-2-6-17-12/h2-7H,8-9H2,1H3,(H,18,19). The van der Waals surface area contributed by atoms with Gasteiger partial charge in [-0.25, -0.2) is 0 Å². The predicted octanol–water partition coefficient (Wildman–Crippen LogP) is 3.20. The first-order valence-electron chi connectivity index (χ1n) is 5.87. The average molecular weight is 297 g/mol. The number of amides is 1. The van der Waals surface area contributed by atoms with Gasteiger partial charge in [-0.2, -0.15) is 0 Å². The third-order valence-corrected chi connectivity index (χ3v) is 4.05. The Kier molecular flexibility index (Phi) is 4.27. The van der Waals surface area contributed by atoms with E-state index in [-0.39, 0.29) is 17.7 Å². The van der Waals surface area contributed by atoms with Gasteiger partial charge in [0.1, 0.15) is 0 Å². The monoisotopic (exact) mass is 296 g/mol. The fourth-order valence-electron chi connectivity index (χ4n) is 1.67. The molecule has 0 aliphatic carbocycles. The average Bonchev–Trinajstić information content (AvgIpc) is 2.46. The molecule has 5 heteroatoms. The molecule has 0 unspecified atom stereocenters. The zero-order chi connectivity index (χ0) is 13.9. The highest BCUT2D eigenvalue weighted by Gasteiger charge is 2.24. The van der Waals surface area contributed by atoms with Crippen LogP contribution in [0.2, 0.25) is 0 Å². The van der Waals surface area contributed by atoms with E-state index >= 15 is 0 Å². The Morgan fingerprint density at radius 1 is 1.32 bits per heavy atom. The number of fused-ring (bicyclic) bond motifs is 1. The summed E-state index contributed by atoms with van der Waals surface area (Å²) in [5.41, 5.74) is 0.822. The molecule has 0 atom stereocenters. The predicted molar refractivity (Wildman–Crippen MR) is 79.1 cm³/mol. The molecule has 0 fully saturated rings. The minimum absolute atomic E-state index is 0.186. The van der Waals surface area contributed by atoms with Gasteiger partial charge in [-0.1, -0.05) is 6.07 Å². The fraction of sp³-hybridized carbons (Fsp3) is 0.286. The third kappa shape index (κ3) is 3.17. The van der Waals surface area contributed by atoms with Crippen LogP contribution in [0.4, 0.5) is 0 Å². The van der Waals surface area contributed by atoms with E-state index in [9.17, 15) is 4.79 Å². The topological polar surface area (TPSA) is 42.0 Å². The number of alkyl halides is 2. The summed E-state index contributed by atoms with van der Waals surface area (Å²) in [6.45, 7) is 1.81. The van der Waals surface area contributed by atoms with Crippen LogP contribution in [0.1, 0.15) is 17.3 Å². The molecule has 0 radical (unpaired) electrons. The fourth-order valence-corrected chi connectivity index (χ4v) is 2.08. The van der Waals surface area contributed by atoms with Crippen molar-refractivity contribution in [3.63, 3.8) is 0 Å². The number of rotatable bonds is 4. The molecule has 19 heavy (non-hydrogen) atoms. The molecule has 0 spiro atoms. The number of carbonyl (C=O) groups is 1. The van der Waals surface area contributed by atoms with Gasteiger partial charge in [0, 0.05) is 28.9 Å². The minimum Gasteiger partial charge on any atom is -0.344 e. The Hall–Kier alpha value is -1.32. The van der Waals surface area contributed by atoms with Crippen molar-refractivity contribution in [3.8, 4) is 0 Å². The van der Waals surface area contributed by atoms with Crippen LogP contribution < -0.4 is 5.32 Å². The summed E-state index contributed by atoms with van der Waals surface area (Å²) >= 11 is 11.7. The Morgan fingerprint density at radius 3 is 2.74 bits per heavy atom.